The van der Waals surface area contributed by atoms with E-state index in [0.29, 0.717) is 13.2 Å². The zero-order chi connectivity index (χ0) is 13.0. The maximum Gasteiger partial charge on any atom is 0.229 e. The van der Waals surface area contributed by atoms with Gasteiger partial charge in [-0.3, -0.25) is 4.79 Å². The van der Waals surface area contributed by atoms with Crippen LogP contribution in [0.1, 0.15) is 19.8 Å². The highest BCUT2D eigenvalue weighted by Gasteiger charge is 2.36. The predicted molar refractivity (Wildman–Crippen MR) is 68.4 cm³/mol. The van der Waals surface area contributed by atoms with Crippen LogP contribution in [0, 0.1) is 5.92 Å². The van der Waals surface area contributed by atoms with E-state index in [1.807, 2.05) is 11.9 Å². The van der Waals surface area contributed by atoms with Crippen LogP contribution in [0.15, 0.2) is 0 Å². The third kappa shape index (κ3) is 3.02. The lowest BCUT2D eigenvalue weighted by Gasteiger charge is -2.27. The Labute approximate surface area is 109 Å². The van der Waals surface area contributed by atoms with Gasteiger partial charge in [-0.05, 0) is 19.9 Å². The lowest BCUT2D eigenvalue weighted by Crippen LogP contribution is -2.46. The number of ether oxygens (including phenoxy) is 2. The molecule has 5 heteroatoms. The van der Waals surface area contributed by atoms with Crippen molar-refractivity contribution in [2.24, 2.45) is 5.92 Å². The number of amides is 1. The molecule has 3 unspecified atom stereocenters. The molecule has 0 aromatic carbocycles. The van der Waals surface area contributed by atoms with E-state index in [1.165, 1.54) is 0 Å². The molecular formula is C13H24N2O3. The van der Waals surface area contributed by atoms with Crippen molar-refractivity contribution in [3.63, 3.8) is 0 Å². The molecule has 104 valence electrons. The highest BCUT2D eigenvalue weighted by molar-refractivity contribution is 5.80. The number of carbonyl (C=O) groups excluding carboxylic acids is 1. The first-order valence-electron chi connectivity index (χ1n) is 6.91. The molecule has 18 heavy (non-hydrogen) atoms. The highest BCUT2D eigenvalue weighted by Crippen LogP contribution is 2.19. The number of hydrogen-bond acceptors (Lipinski definition) is 4. The summed E-state index contributed by atoms with van der Waals surface area (Å²) < 4.78 is 11.1. The maximum atomic E-state index is 12.5. The SMILES string of the molecule is CCC1CN(C(=O)C2COCC2NC)CCCO1. The average Bonchev–Trinajstić information content (AvgIpc) is 2.74. The lowest BCUT2D eigenvalue weighted by molar-refractivity contribution is -0.136. The molecule has 1 N–H and O–H groups in total. The van der Waals surface area contributed by atoms with Gasteiger partial charge in [-0.2, -0.15) is 0 Å². The average molecular weight is 256 g/mol. The van der Waals surface area contributed by atoms with Crippen molar-refractivity contribution in [1.82, 2.24) is 10.2 Å². The Morgan fingerprint density at radius 3 is 3.00 bits per heavy atom. The van der Waals surface area contributed by atoms with Crippen LogP contribution in [0.5, 0.6) is 0 Å². The molecule has 0 bridgehead atoms. The number of nitrogens with zero attached hydrogens (tertiary/aromatic N) is 1. The molecule has 2 aliphatic rings. The Morgan fingerprint density at radius 1 is 1.44 bits per heavy atom. The Balaban J connectivity index is 1.98. The van der Waals surface area contributed by atoms with Crippen LogP contribution in [0.3, 0.4) is 0 Å². The van der Waals surface area contributed by atoms with Gasteiger partial charge in [0.2, 0.25) is 5.91 Å². The molecule has 0 radical (unpaired) electrons. The van der Waals surface area contributed by atoms with Gasteiger partial charge < -0.3 is 19.7 Å². The second-order valence-electron chi connectivity index (χ2n) is 5.08. The summed E-state index contributed by atoms with van der Waals surface area (Å²) in [6.07, 6.45) is 2.08. The van der Waals surface area contributed by atoms with Gasteiger partial charge in [-0.1, -0.05) is 6.92 Å². The quantitative estimate of drug-likeness (QED) is 0.786. The van der Waals surface area contributed by atoms with Crippen molar-refractivity contribution in [3.8, 4) is 0 Å². The van der Waals surface area contributed by atoms with Crippen molar-refractivity contribution in [3.05, 3.63) is 0 Å². The van der Waals surface area contributed by atoms with Crippen LogP contribution in [-0.2, 0) is 14.3 Å². The van der Waals surface area contributed by atoms with E-state index < -0.39 is 0 Å². The molecule has 2 saturated heterocycles. The molecule has 2 rings (SSSR count). The summed E-state index contributed by atoms with van der Waals surface area (Å²) in [6, 6.07) is 0.154. The summed E-state index contributed by atoms with van der Waals surface area (Å²) >= 11 is 0. The van der Waals surface area contributed by atoms with E-state index in [2.05, 4.69) is 12.2 Å². The van der Waals surface area contributed by atoms with Crippen LogP contribution in [-0.4, -0.2) is 62.9 Å². The van der Waals surface area contributed by atoms with Crippen molar-refractivity contribution in [1.29, 1.82) is 0 Å². The lowest BCUT2D eigenvalue weighted by atomic mass is 10.0. The first kappa shape index (κ1) is 13.8. The zero-order valence-corrected chi connectivity index (χ0v) is 11.4. The zero-order valence-electron chi connectivity index (χ0n) is 11.4. The van der Waals surface area contributed by atoms with Gasteiger partial charge in [-0.15, -0.1) is 0 Å². The number of rotatable bonds is 3. The largest absolute Gasteiger partial charge is 0.379 e. The predicted octanol–water partition coefficient (Wildman–Crippen LogP) is 0.248. The van der Waals surface area contributed by atoms with Gasteiger partial charge >= 0.3 is 0 Å². The number of carbonyl (C=O) groups is 1. The molecular weight excluding hydrogens is 232 g/mol. The van der Waals surface area contributed by atoms with Gasteiger partial charge in [-0.25, -0.2) is 0 Å². The van der Waals surface area contributed by atoms with Crippen LogP contribution in [0.25, 0.3) is 0 Å². The smallest absolute Gasteiger partial charge is 0.229 e. The van der Waals surface area contributed by atoms with Gasteiger partial charge in [0.25, 0.3) is 0 Å². The van der Waals surface area contributed by atoms with Crippen molar-refractivity contribution in [2.45, 2.75) is 31.9 Å². The minimum Gasteiger partial charge on any atom is -0.379 e. The third-order valence-corrected chi connectivity index (χ3v) is 3.89. The molecule has 2 fully saturated rings. The van der Waals surface area contributed by atoms with Crippen LogP contribution in [0.2, 0.25) is 0 Å². The highest BCUT2D eigenvalue weighted by atomic mass is 16.5. The van der Waals surface area contributed by atoms with Crippen LogP contribution < -0.4 is 5.32 Å². The van der Waals surface area contributed by atoms with Gasteiger partial charge in [0, 0.05) is 25.7 Å². The van der Waals surface area contributed by atoms with Gasteiger partial charge in [0.15, 0.2) is 0 Å². The number of nitrogens with one attached hydrogen (secondary N) is 1. The Kier molecular flexibility index (Phi) is 4.97. The molecule has 1 amide bonds. The second-order valence-corrected chi connectivity index (χ2v) is 5.08. The fraction of sp³-hybridized carbons (Fsp3) is 0.923. The van der Waals surface area contributed by atoms with E-state index in [9.17, 15) is 4.79 Å². The molecule has 5 nitrogen and oxygen atoms in total. The van der Waals surface area contributed by atoms with Crippen LogP contribution >= 0.6 is 0 Å². The standard InChI is InChI=1S/C13H24N2O3/c1-3-10-7-15(5-4-6-18-10)13(16)11-8-17-9-12(11)14-2/h10-12,14H,3-9H2,1-2H3. The molecule has 0 aliphatic carbocycles. The summed E-state index contributed by atoms with van der Waals surface area (Å²) in [5.74, 6) is 0.182. The first-order valence-corrected chi connectivity index (χ1v) is 6.91. The topological polar surface area (TPSA) is 50.8 Å². The maximum absolute atomic E-state index is 12.5. The van der Waals surface area contributed by atoms with Crippen molar-refractivity contribution >= 4 is 5.91 Å². The molecule has 2 heterocycles. The van der Waals surface area contributed by atoms with E-state index in [4.69, 9.17) is 9.47 Å². The van der Waals surface area contributed by atoms with E-state index >= 15 is 0 Å². The molecule has 3 atom stereocenters. The fourth-order valence-corrected chi connectivity index (χ4v) is 2.66. The normalized spacial score (nSPS) is 33.4. The van der Waals surface area contributed by atoms with Crippen LogP contribution in [0.4, 0.5) is 0 Å². The summed E-state index contributed by atoms with van der Waals surface area (Å²) in [6.45, 7) is 5.57. The third-order valence-electron chi connectivity index (χ3n) is 3.89. The van der Waals surface area contributed by atoms with Crippen molar-refractivity contribution in [2.75, 3.05) is 40.0 Å². The summed E-state index contributed by atoms with van der Waals surface area (Å²) in [5, 5.41) is 3.17. The summed E-state index contributed by atoms with van der Waals surface area (Å²) in [5.41, 5.74) is 0. The Hall–Kier alpha value is -0.650. The van der Waals surface area contributed by atoms with Gasteiger partial charge in [0.05, 0.1) is 25.2 Å². The Morgan fingerprint density at radius 2 is 2.28 bits per heavy atom. The molecule has 0 aromatic heterocycles. The summed E-state index contributed by atoms with van der Waals surface area (Å²) in [4.78, 5) is 14.5. The Bertz CT molecular complexity index is 285. The first-order chi connectivity index (χ1) is 8.76. The van der Waals surface area contributed by atoms with Crippen molar-refractivity contribution < 1.29 is 14.3 Å². The van der Waals surface area contributed by atoms with E-state index in [0.717, 1.165) is 32.5 Å². The molecule has 0 spiro atoms. The minimum absolute atomic E-state index is 0.0365. The molecule has 0 aromatic rings. The summed E-state index contributed by atoms with van der Waals surface area (Å²) in [7, 11) is 1.89. The number of likely N-dealkylation sites (N-methyl/N-ethyl adjacent to an activating group) is 1. The second kappa shape index (κ2) is 6.50. The van der Waals surface area contributed by atoms with E-state index in [1.54, 1.807) is 0 Å². The fourth-order valence-electron chi connectivity index (χ4n) is 2.66. The monoisotopic (exact) mass is 256 g/mol. The minimum atomic E-state index is -0.0365. The molecule has 0 saturated carbocycles. The number of hydrogen-bond donors (Lipinski definition) is 1. The van der Waals surface area contributed by atoms with Gasteiger partial charge in [0.1, 0.15) is 0 Å². The molecule has 2 aliphatic heterocycles. The van der Waals surface area contributed by atoms with E-state index in [-0.39, 0.29) is 24.0 Å².